The van der Waals surface area contributed by atoms with Crippen molar-refractivity contribution in [3.63, 3.8) is 0 Å². The lowest BCUT2D eigenvalue weighted by Gasteiger charge is -2.20. The minimum atomic E-state index is -4.80. The van der Waals surface area contributed by atoms with Crippen LogP contribution in [0.15, 0.2) is 83.0 Å². The number of carbonyl (C=O) groups is 1. The van der Waals surface area contributed by atoms with Gasteiger partial charge in [0.1, 0.15) is 5.75 Å². The van der Waals surface area contributed by atoms with Crippen LogP contribution in [0.5, 0.6) is 5.75 Å². The van der Waals surface area contributed by atoms with Crippen LogP contribution >= 0.6 is 11.8 Å². The molecule has 1 aliphatic heterocycles. The number of ether oxygens (including phenoxy) is 3. The molecule has 1 amide bonds. The van der Waals surface area contributed by atoms with Gasteiger partial charge in [-0.05, 0) is 47.4 Å². The minimum Gasteiger partial charge on any atom is -0.406 e. The predicted octanol–water partition coefficient (Wildman–Crippen LogP) is 6.85. The van der Waals surface area contributed by atoms with Crippen molar-refractivity contribution in [3.05, 3.63) is 83.9 Å². The Labute approximate surface area is 279 Å². The summed E-state index contributed by atoms with van der Waals surface area (Å²) >= 11 is 1.34. The topological polar surface area (TPSA) is 115 Å². The zero-order chi connectivity index (χ0) is 34.3. The number of para-hydroxylation sites is 1. The van der Waals surface area contributed by atoms with Crippen molar-refractivity contribution in [1.29, 1.82) is 0 Å². The van der Waals surface area contributed by atoms with Crippen LogP contribution in [0.4, 0.5) is 24.8 Å². The number of benzene rings is 3. The fourth-order valence-corrected chi connectivity index (χ4v) is 5.68. The number of hydrogen-bond acceptors (Lipinski definition) is 10. The van der Waals surface area contributed by atoms with E-state index < -0.39 is 12.7 Å². The number of thioether (sulfide) groups is 1. The van der Waals surface area contributed by atoms with E-state index in [4.69, 9.17) is 9.47 Å². The average molecular weight is 682 g/mol. The lowest BCUT2D eigenvalue weighted by molar-refractivity contribution is -0.274. The maximum absolute atomic E-state index is 12.8. The largest absolute Gasteiger partial charge is 0.573 e. The highest BCUT2D eigenvalue weighted by molar-refractivity contribution is 8.15. The van der Waals surface area contributed by atoms with Crippen LogP contribution in [-0.2, 0) is 14.3 Å². The molecule has 11 nitrogen and oxygen atoms in total. The zero-order valence-electron chi connectivity index (χ0n) is 26.6. The molecule has 0 saturated carbocycles. The van der Waals surface area contributed by atoms with Gasteiger partial charge < -0.3 is 19.5 Å². The molecule has 1 N–H and O–H groups in total. The monoisotopic (exact) mass is 681 g/mol. The summed E-state index contributed by atoms with van der Waals surface area (Å²) in [6.45, 7) is 4.58. The van der Waals surface area contributed by atoms with Gasteiger partial charge in [-0.3, -0.25) is 9.69 Å². The third-order valence-corrected chi connectivity index (χ3v) is 8.11. The van der Waals surface area contributed by atoms with E-state index in [2.05, 4.69) is 44.2 Å². The summed E-state index contributed by atoms with van der Waals surface area (Å²) in [6.07, 6.45) is -3.14. The Morgan fingerprint density at radius 1 is 1.02 bits per heavy atom. The van der Waals surface area contributed by atoms with E-state index in [0.29, 0.717) is 41.2 Å². The Bertz CT molecular complexity index is 1760. The first-order valence-corrected chi connectivity index (χ1v) is 15.9. The van der Waals surface area contributed by atoms with Crippen LogP contribution in [0.2, 0.25) is 0 Å². The van der Waals surface area contributed by atoms with E-state index in [1.54, 1.807) is 11.1 Å². The molecule has 0 bridgehead atoms. The molecule has 1 fully saturated rings. The van der Waals surface area contributed by atoms with E-state index in [0.717, 1.165) is 16.8 Å². The summed E-state index contributed by atoms with van der Waals surface area (Å²) in [7, 11) is 3.08. The first-order valence-electron chi connectivity index (χ1n) is 14.9. The highest BCUT2D eigenvalue weighted by Gasteiger charge is 2.32. The molecule has 0 radical (unpaired) electrons. The molecule has 4 aromatic rings. The maximum Gasteiger partial charge on any atom is 0.573 e. The Morgan fingerprint density at radius 2 is 1.73 bits per heavy atom. The van der Waals surface area contributed by atoms with Gasteiger partial charge in [0.05, 0.1) is 23.3 Å². The third-order valence-electron chi connectivity index (χ3n) is 7.20. The number of hydrogen-bond donors (Lipinski definition) is 1. The van der Waals surface area contributed by atoms with E-state index in [1.807, 2.05) is 48.5 Å². The molecule has 48 heavy (non-hydrogen) atoms. The number of nitrogens with zero attached hydrogens (tertiary/aromatic N) is 6. The zero-order valence-corrected chi connectivity index (χ0v) is 27.5. The number of methoxy groups -OCH3 is 2. The number of amides is 1. The van der Waals surface area contributed by atoms with Crippen molar-refractivity contribution >= 4 is 40.7 Å². The summed E-state index contributed by atoms with van der Waals surface area (Å²) in [5, 5.41) is 17.0. The molecule has 0 spiro atoms. The number of aromatic nitrogens is 3. The van der Waals surface area contributed by atoms with Crippen LogP contribution in [-0.4, -0.2) is 71.2 Å². The van der Waals surface area contributed by atoms with E-state index in [1.165, 1.54) is 54.9 Å². The van der Waals surface area contributed by atoms with Gasteiger partial charge in [0.2, 0.25) is 11.9 Å². The Balaban J connectivity index is 1.35. The molecular formula is C33H34F3N7O4S. The quantitative estimate of drug-likeness (QED) is 0.0926. The number of amidine groups is 1. The standard InChI is InChI=1S/C33H34F3N7O4S/c1-21(2)26-7-5-6-8-27(26)42-28(44)20-48-32(42)40-38-19-22-9-11-23(12-10-22)30-39-31(37-18-17-29(45-3)46-4)43(41-30)24-13-15-25(16-14-24)47-33(34,35)36/h5-16,19,21,29H,17-18,20H2,1-4H3,(H,37,39,41). The molecule has 2 heterocycles. The van der Waals surface area contributed by atoms with E-state index >= 15 is 0 Å². The number of nitrogens with one attached hydrogen (secondary N) is 1. The van der Waals surface area contributed by atoms with Gasteiger partial charge in [-0.25, -0.2) is 0 Å². The number of carbonyl (C=O) groups excluding carboxylic acids is 1. The Hall–Kier alpha value is -4.73. The average Bonchev–Trinajstić information content (AvgIpc) is 3.66. The molecular weight excluding hydrogens is 647 g/mol. The van der Waals surface area contributed by atoms with E-state index in [-0.39, 0.29) is 23.3 Å². The lowest BCUT2D eigenvalue weighted by atomic mass is 10.0. The van der Waals surface area contributed by atoms with Gasteiger partial charge in [-0.15, -0.1) is 23.4 Å². The van der Waals surface area contributed by atoms with E-state index in [9.17, 15) is 18.0 Å². The molecule has 0 aliphatic carbocycles. The summed E-state index contributed by atoms with van der Waals surface area (Å²) in [4.78, 5) is 19.0. The highest BCUT2D eigenvalue weighted by atomic mass is 32.2. The number of anilines is 2. The molecule has 3 aromatic carbocycles. The second-order valence-corrected chi connectivity index (χ2v) is 11.8. The smallest absolute Gasteiger partial charge is 0.406 e. The normalized spacial score (nSPS) is 14.6. The summed E-state index contributed by atoms with van der Waals surface area (Å²) in [6, 6.07) is 20.4. The molecule has 5 rings (SSSR count). The van der Waals surface area contributed by atoms with Gasteiger partial charge >= 0.3 is 6.36 Å². The van der Waals surface area contributed by atoms with Gasteiger partial charge in [-0.1, -0.05) is 68.1 Å². The second-order valence-electron chi connectivity index (χ2n) is 10.8. The van der Waals surface area contributed by atoms with Crippen molar-refractivity contribution in [2.45, 2.75) is 38.8 Å². The third kappa shape index (κ3) is 8.59. The van der Waals surface area contributed by atoms with Gasteiger partial charge in [0.25, 0.3) is 0 Å². The first kappa shape index (κ1) is 34.6. The van der Waals surface area contributed by atoms with Gasteiger partial charge in [0.15, 0.2) is 17.3 Å². The molecule has 1 aromatic heterocycles. The van der Waals surface area contributed by atoms with Crippen LogP contribution in [0, 0.1) is 0 Å². The van der Waals surface area contributed by atoms with Crippen LogP contribution < -0.4 is 15.0 Å². The van der Waals surface area contributed by atoms with Crippen LogP contribution in [0.3, 0.4) is 0 Å². The first-order chi connectivity index (χ1) is 23.1. The summed E-state index contributed by atoms with van der Waals surface area (Å²) in [5.41, 5.74) is 3.78. The van der Waals surface area contributed by atoms with Gasteiger partial charge in [-0.2, -0.15) is 14.8 Å². The Kier molecular flexibility index (Phi) is 11.1. The second kappa shape index (κ2) is 15.4. The highest BCUT2D eigenvalue weighted by Crippen LogP contribution is 2.33. The summed E-state index contributed by atoms with van der Waals surface area (Å²) < 4.78 is 54.0. The Morgan fingerprint density at radius 3 is 2.40 bits per heavy atom. The van der Waals surface area contributed by atoms with Crippen molar-refractivity contribution in [3.8, 4) is 22.8 Å². The number of halogens is 3. The fraction of sp³-hybridized carbons (Fsp3) is 0.303. The molecule has 252 valence electrons. The van der Waals surface area contributed by atoms with Crippen molar-refractivity contribution in [1.82, 2.24) is 14.8 Å². The number of rotatable bonds is 13. The molecule has 1 saturated heterocycles. The molecule has 0 unspecified atom stereocenters. The minimum absolute atomic E-state index is 0.0463. The van der Waals surface area contributed by atoms with Crippen molar-refractivity contribution in [2.24, 2.45) is 10.2 Å². The molecule has 0 atom stereocenters. The SMILES string of the molecule is COC(CCNc1nc(-c2ccc(C=NN=C3SCC(=O)N3c3ccccc3C(C)C)cc2)nn1-c1ccc(OC(F)(F)F)cc1)OC. The summed E-state index contributed by atoms with van der Waals surface area (Å²) in [5.74, 6) is 0.873. The van der Waals surface area contributed by atoms with Gasteiger partial charge in [0, 0.05) is 32.7 Å². The molecule has 15 heteroatoms. The number of alkyl halides is 3. The maximum atomic E-state index is 12.8. The van der Waals surface area contributed by atoms with Crippen molar-refractivity contribution < 1.29 is 32.2 Å². The fourth-order valence-electron chi connectivity index (χ4n) is 4.87. The predicted molar refractivity (Wildman–Crippen MR) is 180 cm³/mol. The molecule has 1 aliphatic rings. The van der Waals surface area contributed by atoms with Crippen LogP contribution in [0.25, 0.3) is 17.1 Å². The van der Waals surface area contributed by atoms with Crippen molar-refractivity contribution in [2.75, 3.05) is 36.7 Å². The lowest BCUT2D eigenvalue weighted by Crippen LogP contribution is -2.30. The van der Waals surface area contributed by atoms with Crippen LogP contribution in [0.1, 0.15) is 37.3 Å².